The van der Waals surface area contributed by atoms with Crippen LogP contribution < -0.4 is 10.6 Å². The van der Waals surface area contributed by atoms with Gasteiger partial charge in [0, 0.05) is 23.7 Å². The Hall–Kier alpha value is -2.80. The molecule has 1 aliphatic heterocycles. The standard InChI is InChI=1S/C19H22N6O/c1-12-11-15(8-10-20-12)22-19(26)17-13(2)25(24-23-17)16-7-3-5-14-6-4-9-21-18(14)16/h3-7,9,12,15,20H,8,10-11H2,1-2H3,(H,22,26). The van der Waals surface area contributed by atoms with Gasteiger partial charge in [-0.25, -0.2) is 4.68 Å². The molecule has 3 aromatic rings. The molecular formula is C19H22N6O. The lowest BCUT2D eigenvalue weighted by Gasteiger charge is -2.28. The zero-order valence-corrected chi connectivity index (χ0v) is 14.9. The van der Waals surface area contributed by atoms with Crippen molar-refractivity contribution >= 4 is 16.8 Å². The molecular weight excluding hydrogens is 328 g/mol. The molecule has 2 unspecified atom stereocenters. The van der Waals surface area contributed by atoms with Gasteiger partial charge in [0.25, 0.3) is 5.91 Å². The number of benzene rings is 1. The van der Waals surface area contributed by atoms with Crippen LogP contribution in [0.1, 0.15) is 35.9 Å². The van der Waals surface area contributed by atoms with Crippen molar-refractivity contribution in [2.45, 2.75) is 38.8 Å². The van der Waals surface area contributed by atoms with Crippen molar-refractivity contribution in [3.05, 3.63) is 47.9 Å². The van der Waals surface area contributed by atoms with Gasteiger partial charge in [-0.1, -0.05) is 23.4 Å². The second-order valence-electron chi connectivity index (χ2n) is 6.84. The average molecular weight is 350 g/mol. The summed E-state index contributed by atoms with van der Waals surface area (Å²) in [7, 11) is 0. The Kier molecular flexibility index (Phi) is 4.38. The van der Waals surface area contributed by atoms with Gasteiger partial charge in [0.2, 0.25) is 0 Å². The third kappa shape index (κ3) is 3.06. The first-order chi connectivity index (χ1) is 12.6. The number of nitrogens with one attached hydrogen (secondary N) is 2. The second-order valence-corrected chi connectivity index (χ2v) is 6.84. The summed E-state index contributed by atoms with van der Waals surface area (Å²) in [5.41, 5.74) is 2.73. The Labute approximate surface area is 151 Å². The van der Waals surface area contributed by atoms with Crippen LogP contribution in [-0.4, -0.2) is 44.5 Å². The minimum Gasteiger partial charge on any atom is -0.348 e. The van der Waals surface area contributed by atoms with E-state index in [1.54, 1.807) is 10.9 Å². The number of piperidine rings is 1. The monoisotopic (exact) mass is 350 g/mol. The fourth-order valence-corrected chi connectivity index (χ4v) is 3.54. The summed E-state index contributed by atoms with van der Waals surface area (Å²) in [5.74, 6) is -0.166. The van der Waals surface area contributed by atoms with Crippen LogP contribution in [0.5, 0.6) is 0 Å². The van der Waals surface area contributed by atoms with Crippen molar-refractivity contribution in [3.63, 3.8) is 0 Å². The summed E-state index contributed by atoms with van der Waals surface area (Å²) < 4.78 is 1.69. The SMILES string of the molecule is Cc1c(C(=O)NC2CCNC(C)C2)nnn1-c1cccc2cccnc12. The van der Waals surface area contributed by atoms with E-state index in [-0.39, 0.29) is 11.9 Å². The molecule has 7 heteroatoms. The molecule has 2 N–H and O–H groups in total. The molecule has 0 saturated carbocycles. The number of pyridine rings is 1. The van der Waals surface area contributed by atoms with E-state index in [1.807, 2.05) is 37.3 Å². The molecule has 4 rings (SSSR count). The minimum atomic E-state index is -0.166. The number of nitrogens with zero attached hydrogens (tertiary/aromatic N) is 4. The highest BCUT2D eigenvalue weighted by Crippen LogP contribution is 2.21. The van der Waals surface area contributed by atoms with Crippen molar-refractivity contribution in [2.24, 2.45) is 0 Å². The van der Waals surface area contributed by atoms with Crippen molar-refractivity contribution in [1.82, 2.24) is 30.6 Å². The first kappa shape index (κ1) is 16.7. The van der Waals surface area contributed by atoms with Crippen LogP contribution >= 0.6 is 0 Å². The predicted octanol–water partition coefficient (Wildman–Crippen LogP) is 1.99. The number of carbonyl (C=O) groups is 1. The van der Waals surface area contributed by atoms with E-state index in [1.165, 1.54) is 0 Å². The predicted molar refractivity (Wildman–Crippen MR) is 99.3 cm³/mol. The van der Waals surface area contributed by atoms with E-state index < -0.39 is 0 Å². The van der Waals surface area contributed by atoms with Gasteiger partial charge in [0.15, 0.2) is 5.69 Å². The minimum absolute atomic E-state index is 0.166. The summed E-state index contributed by atoms with van der Waals surface area (Å²) in [6, 6.07) is 10.4. The molecule has 1 aromatic carbocycles. The van der Waals surface area contributed by atoms with Crippen molar-refractivity contribution in [2.75, 3.05) is 6.54 Å². The lowest BCUT2D eigenvalue weighted by Crippen LogP contribution is -2.46. The summed E-state index contributed by atoms with van der Waals surface area (Å²) >= 11 is 0. The van der Waals surface area contributed by atoms with Gasteiger partial charge in [-0.15, -0.1) is 5.10 Å². The van der Waals surface area contributed by atoms with Crippen LogP contribution in [0.4, 0.5) is 0 Å². The number of amides is 1. The second kappa shape index (κ2) is 6.84. The molecule has 26 heavy (non-hydrogen) atoms. The number of rotatable bonds is 3. The molecule has 3 heterocycles. The highest BCUT2D eigenvalue weighted by molar-refractivity contribution is 5.94. The molecule has 134 valence electrons. The van der Waals surface area contributed by atoms with Crippen LogP contribution in [0.2, 0.25) is 0 Å². The normalized spacial score (nSPS) is 20.2. The van der Waals surface area contributed by atoms with Crippen LogP contribution in [-0.2, 0) is 0 Å². The first-order valence-electron chi connectivity index (χ1n) is 8.94. The number of fused-ring (bicyclic) bond motifs is 1. The van der Waals surface area contributed by atoms with Gasteiger partial charge in [0.1, 0.15) is 0 Å². The molecule has 1 saturated heterocycles. The molecule has 0 radical (unpaired) electrons. The first-order valence-corrected chi connectivity index (χ1v) is 8.94. The Morgan fingerprint density at radius 2 is 2.15 bits per heavy atom. The third-order valence-electron chi connectivity index (χ3n) is 4.91. The van der Waals surface area contributed by atoms with Crippen molar-refractivity contribution in [3.8, 4) is 5.69 Å². The van der Waals surface area contributed by atoms with E-state index in [0.29, 0.717) is 17.4 Å². The van der Waals surface area contributed by atoms with Gasteiger partial charge < -0.3 is 10.6 Å². The number of aromatic nitrogens is 4. The lowest BCUT2D eigenvalue weighted by atomic mass is 10.0. The Morgan fingerprint density at radius 3 is 3.00 bits per heavy atom. The van der Waals surface area contributed by atoms with Crippen LogP contribution in [0, 0.1) is 6.92 Å². The quantitative estimate of drug-likeness (QED) is 0.755. The molecule has 2 atom stereocenters. The number of hydrogen-bond acceptors (Lipinski definition) is 5. The van der Waals surface area contributed by atoms with E-state index >= 15 is 0 Å². The van der Waals surface area contributed by atoms with Crippen LogP contribution in [0.3, 0.4) is 0 Å². The summed E-state index contributed by atoms with van der Waals surface area (Å²) in [6.45, 7) is 4.91. The van der Waals surface area contributed by atoms with E-state index in [2.05, 4.69) is 32.9 Å². The molecule has 1 aliphatic rings. The molecule has 7 nitrogen and oxygen atoms in total. The topological polar surface area (TPSA) is 84.7 Å². The maximum atomic E-state index is 12.7. The van der Waals surface area contributed by atoms with E-state index in [9.17, 15) is 4.79 Å². The maximum Gasteiger partial charge on any atom is 0.273 e. The zero-order chi connectivity index (χ0) is 18.1. The van der Waals surface area contributed by atoms with Crippen molar-refractivity contribution < 1.29 is 4.79 Å². The Bertz CT molecular complexity index is 945. The molecule has 0 bridgehead atoms. The average Bonchev–Trinajstić information content (AvgIpc) is 3.02. The fraction of sp³-hybridized carbons (Fsp3) is 0.368. The van der Waals surface area contributed by atoms with E-state index in [0.717, 1.165) is 36.0 Å². The third-order valence-corrected chi connectivity index (χ3v) is 4.91. The van der Waals surface area contributed by atoms with Crippen LogP contribution in [0.15, 0.2) is 36.5 Å². The van der Waals surface area contributed by atoms with Gasteiger partial charge in [-0.2, -0.15) is 0 Å². The summed E-state index contributed by atoms with van der Waals surface area (Å²) in [5, 5.41) is 15.9. The zero-order valence-electron chi connectivity index (χ0n) is 14.9. The number of hydrogen-bond donors (Lipinski definition) is 2. The maximum absolute atomic E-state index is 12.7. The Morgan fingerprint density at radius 1 is 1.31 bits per heavy atom. The van der Waals surface area contributed by atoms with Gasteiger partial charge >= 0.3 is 0 Å². The van der Waals surface area contributed by atoms with Gasteiger partial charge in [-0.05, 0) is 45.4 Å². The lowest BCUT2D eigenvalue weighted by molar-refractivity contribution is 0.0920. The van der Waals surface area contributed by atoms with Crippen LogP contribution in [0.25, 0.3) is 16.6 Å². The largest absolute Gasteiger partial charge is 0.348 e. The fourth-order valence-electron chi connectivity index (χ4n) is 3.54. The summed E-state index contributed by atoms with van der Waals surface area (Å²) in [4.78, 5) is 17.1. The molecule has 0 aliphatic carbocycles. The molecule has 0 spiro atoms. The molecule has 2 aromatic heterocycles. The highest BCUT2D eigenvalue weighted by Gasteiger charge is 2.24. The van der Waals surface area contributed by atoms with Gasteiger partial charge in [0.05, 0.1) is 16.9 Å². The molecule has 1 fully saturated rings. The summed E-state index contributed by atoms with van der Waals surface area (Å²) in [6.07, 6.45) is 3.60. The Balaban J connectivity index is 1.63. The van der Waals surface area contributed by atoms with Gasteiger partial charge in [-0.3, -0.25) is 9.78 Å². The van der Waals surface area contributed by atoms with E-state index in [4.69, 9.17) is 0 Å². The number of carbonyl (C=O) groups excluding carboxylic acids is 1. The highest BCUT2D eigenvalue weighted by atomic mass is 16.2. The molecule has 1 amide bonds. The van der Waals surface area contributed by atoms with Crippen molar-refractivity contribution in [1.29, 1.82) is 0 Å². The smallest absolute Gasteiger partial charge is 0.273 e. The number of para-hydroxylation sites is 1.